The molecule has 37 heavy (non-hydrogen) atoms. The second kappa shape index (κ2) is 10.4. The van der Waals surface area contributed by atoms with Crippen molar-refractivity contribution in [2.24, 2.45) is 5.18 Å². The Hall–Kier alpha value is -2.97. The third-order valence-electron chi connectivity index (χ3n) is 7.54. The molecule has 8 heteroatoms. The van der Waals surface area contributed by atoms with Crippen molar-refractivity contribution < 1.29 is 14.6 Å². The Morgan fingerprint density at radius 2 is 1.86 bits per heavy atom. The minimum atomic E-state index is -1.52. The van der Waals surface area contributed by atoms with Crippen molar-refractivity contribution in [2.45, 2.75) is 29.6 Å². The molecule has 194 valence electrons. The summed E-state index contributed by atoms with van der Waals surface area (Å²) in [6, 6.07) is 22.5. The van der Waals surface area contributed by atoms with Crippen LogP contribution in [0.4, 0.5) is 0 Å². The number of hydrogen-bond donors (Lipinski definition) is 2. The van der Waals surface area contributed by atoms with E-state index in [4.69, 9.17) is 21.1 Å². The molecular weight excluding hydrogens is 490 g/mol. The lowest BCUT2D eigenvalue weighted by molar-refractivity contribution is -0.0116. The van der Waals surface area contributed by atoms with E-state index in [0.717, 1.165) is 24.2 Å². The molecule has 7 nitrogen and oxygen atoms in total. The van der Waals surface area contributed by atoms with Crippen LogP contribution in [0.25, 0.3) is 0 Å². The fourth-order valence-corrected chi connectivity index (χ4v) is 5.97. The quantitative estimate of drug-likeness (QED) is 0.298. The topological polar surface area (TPSA) is 83.4 Å². The molecule has 0 aromatic heterocycles. The standard InChI is InChI=1S/C29H32ClN3O4/c1-33(2)16-14-31-15-17-36-23-12-13-24-26(18-23)37-29(21-8-10-22(30)11-9-21)25(20-6-4-3-5-7-20)19-27(34)28(24,29)32-35/h3-13,18,25,27,31,34H,14-17,19H2,1-2H3/t25-,27-,28-,29-/m0/s1. The number of benzene rings is 3. The van der Waals surface area contributed by atoms with Crippen LogP contribution in [0.1, 0.15) is 29.0 Å². The summed E-state index contributed by atoms with van der Waals surface area (Å²) in [5.41, 5.74) is -0.488. The van der Waals surface area contributed by atoms with Crippen LogP contribution in [0.15, 0.2) is 78.0 Å². The van der Waals surface area contributed by atoms with Gasteiger partial charge in [-0.15, -0.1) is 4.91 Å². The molecule has 1 heterocycles. The van der Waals surface area contributed by atoms with Gasteiger partial charge in [0.1, 0.15) is 18.1 Å². The highest BCUT2D eigenvalue weighted by Crippen LogP contribution is 2.68. The van der Waals surface area contributed by atoms with Gasteiger partial charge in [-0.25, -0.2) is 0 Å². The molecular formula is C29H32ClN3O4. The first kappa shape index (κ1) is 25.7. The lowest BCUT2D eigenvalue weighted by Crippen LogP contribution is -2.50. The van der Waals surface area contributed by atoms with Crippen LogP contribution in [0, 0.1) is 4.91 Å². The van der Waals surface area contributed by atoms with Crippen LogP contribution < -0.4 is 14.8 Å². The number of fused-ring (bicyclic) bond motifs is 3. The molecule has 0 amide bonds. The molecule has 3 aromatic rings. The van der Waals surface area contributed by atoms with Crippen LogP contribution in [-0.2, 0) is 11.1 Å². The van der Waals surface area contributed by atoms with Crippen molar-refractivity contribution in [1.82, 2.24) is 10.2 Å². The van der Waals surface area contributed by atoms with Gasteiger partial charge in [-0.1, -0.05) is 59.2 Å². The van der Waals surface area contributed by atoms with Gasteiger partial charge in [-0.05, 0) is 55.9 Å². The molecule has 1 fully saturated rings. The van der Waals surface area contributed by atoms with E-state index in [-0.39, 0.29) is 5.92 Å². The number of nitrogens with zero attached hydrogens (tertiary/aromatic N) is 2. The maximum absolute atomic E-state index is 12.9. The molecule has 1 aliphatic carbocycles. The van der Waals surface area contributed by atoms with E-state index in [1.807, 2.05) is 62.6 Å². The van der Waals surface area contributed by atoms with E-state index < -0.39 is 17.2 Å². The second-order valence-corrected chi connectivity index (χ2v) is 10.4. The average molecular weight is 522 g/mol. The first-order chi connectivity index (χ1) is 17.9. The molecule has 1 aliphatic heterocycles. The van der Waals surface area contributed by atoms with Crippen molar-refractivity contribution in [3.63, 3.8) is 0 Å². The maximum atomic E-state index is 12.9. The first-order valence-electron chi connectivity index (χ1n) is 12.6. The molecule has 2 N–H and O–H groups in total. The van der Waals surface area contributed by atoms with Gasteiger partial charge in [0.25, 0.3) is 0 Å². The minimum absolute atomic E-state index is 0.319. The fraction of sp³-hybridized carbons (Fsp3) is 0.379. The number of aliphatic hydroxyl groups excluding tert-OH is 1. The van der Waals surface area contributed by atoms with E-state index in [1.165, 1.54) is 0 Å². The van der Waals surface area contributed by atoms with Crippen LogP contribution in [0.5, 0.6) is 11.5 Å². The molecule has 2 aliphatic rings. The van der Waals surface area contributed by atoms with E-state index >= 15 is 0 Å². The fourth-order valence-electron chi connectivity index (χ4n) is 5.85. The van der Waals surface area contributed by atoms with Crippen molar-refractivity contribution in [3.8, 4) is 11.5 Å². The molecule has 0 spiro atoms. The van der Waals surface area contributed by atoms with Gasteiger partial charge in [0.15, 0.2) is 5.60 Å². The monoisotopic (exact) mass is 521 g/mol. The average Bonchev–Trinajstić information content (AvgIpc) is 3.34. The van der Waals surface area contributed by atoms with Crippen molar-refractivity contribution in [3.05, 3.63) is 99.4 Å². The van der Waals surface area contributed by atoms with Crippen molar-refractivity contribution in [1.29, 1.82) is 0 Å². The number of nitroso groups, excluding NO2 is 1. The van der Waals surface area contributed by atoms with Gasteiger partial charge < -0.3 is 24.8 Å². The van der Waals surface area contributed by atoms with Crippen LogP contribution in [0.2, 0.25) is 5.02 Å². The third-order valence-corrected chi connectivity index (χ3v) is 7.79. The molecule has 3 aromatic carbocycles. The van der Waals surface area contributed by atoms with Gasteiger partial charge >= 0.3 is 0 Å². The number of hydrogen-bond acceptors (Lipinski definition) is 7. The smallest absolute Gasteiger partial charge is 0.201 e. The number of halogens is 1. The van der Waals surface area contributed by atoms with Crippen molar-refractivity contribution in [2.75, 3.05) is 40.3 Å². The van der Waals surface area contributed by atoms with Gasteiger partial charge in [-0.2, -0.15) is 0 Å². The lowest BCUT2D eigenvalue weighted by atomic mass is 9.70. The molecule has 0 bridgehead atoms. The number of aliphatic hydroxyl groups is 1. The Morgan fingerprint density at radius 3 is 2.57 bits per heavy atom. The summed E-state index contributed by atoms with van der Waals surface area (Å²) in [4.78, 5) is 15.0. The molecule has 4 atom stereocenters. The molecule has 5 rings (SSSR count). The summed E-state index contributed by atoms with van der Waals surface area (Å²) in [6.45, 7) is 3.01. The molecule has 0 saturated heterocycles. The highest BCUT2D eigenvalue weighted by atomic mass is 35.5. The Balaban J connectivity index is 1.51. The van der Waals surface area contributed by atoms with E-state index in [0.29, 0.717) is 41.7 Å². The summed E-state index contributed by atoms with van der Waals surface area (Å²) in [5.74, 6) is 0.804. The van der Waals surface area contributed by atoms with Crippen LogP contribution in [-0.4, -0.2) is 56.4 Å². The summed E-state index contributed by atoms with van der Waals surface area (Å²) >= 11 is 6.22. The van der Waals surface area contributed by atoms with Gasteiger partial charge in [0.2, 0.25) is 5.54 Å². The molecule has 1 saturated carbocycles. The van der Waals surface area contributed by atoms with Crippen molar-refractivity contribution >= 4 is 11.6 Å². The van der Waals surface area contributed by atoms with E-state index in [9.17, 15) is 10.0 Å². The zero-order valence-electron chi connectivity index (χ0n) is 21.1. The SMILES string of the molecule is CN(C)CCNCCOc1ccc2c(c1)O[C@@]1(c3ccc(Cl)cc3)[C@H](c3ccccc3)C[C@H](O)[C@@]21N=O. The molecule has 0 radical (unpaired) electrons. The number of ether oxygens (including phenoxy) is 2. The van der Waals surface area contributed by atoms with Crippen LogP contribution in [0.3, 0.4) is 0 Å². The summed E-state index contributed by atoms with van der Waals surface area (Å²) in [7, 11) is 4.07. The zero-order valence-corrected chi connectivity index (χ0v) is 21.8. The Bertz CT molecular complexity index is 1240. The van der Waals surface area contributed by atoms with Gasteiger partial charge in [-0.3, -0.25) is 0 Å². The van der Waals surface area contributed by atoms with E-state index in [2.05, 4.69) is 15.4 Å². The number of nitrogens with one attached hydrogen (secondary N) is 1. The Morgan fingerprint density at radius 1 is 1.11 bits per heavy atom. The highest BCUT2D eigenvalue weighted by molar-refractivity contribution is 6.30. The minimum Gasteiger partial charge on any atom is -0.492 e. The summed E-state index contributed by atoms with van der Waals surface area (Å²) in [6.07, 6.45) is -0.714. The largest absolute Gasteiger partial charge is 0.492 e. The third kappa shape index (κ3) is 4.30. The predicted octanol–water partition coefficient (Wildman–Crippen LogP) is 4.67. The predicted molar refractivity (Wildman–Crippen MR) is 144 cm³/mol. The summed E-state index contributed by atoms with van der Waals surface area (Å²) < 4.78 is 12.8. The van der Waals surface area contributed by atoms with Crippen LogP contribution >= 0.6 is 11.6 Å². The Labute approximate surface area is 222 Å². The summed E-state index contributed by atoms with van der Waals surface area (Å²) in [5, 5.41) is 19.1. The second-order valence-electron chi connectivity index (χ2n) is 9.98. The molecule has 0 unspecified atom stereocenters. The maximum Gasteiger partial charge on any atom is 0.201 e. The number of rotatable bonds is 10. The first-order valence-corrected chi connectivity index (χ1v) is 13.0. The zero-order chi connectivity index (χ0) is 26.0. The number of likely N-dealkylation sites (N-methyl/N-ethyl adjacent to an activating group) is 1. The lowest BCUT2D eigenvalue weighted by Gasteiger charge is -2.39. The van der Waals surface area contributed by atoms with E-state index in [1.54, 1.807) is 24.3 Å². The normalized spacial score (nSPS) is 26.0. The van der Waals surface area contributed by atoms with Gasteiger partial charge in [0.05, 0.1) is 6.10 Å². The van der Waals surface area contributed by atoms with Gasteiger partial charge in [0, 0.05) is 42.2 Å². The highest BCUT2D eigenvalue weighted by Gasteiger charge is 2.74. The Kier molecular flexibility index (Phi) is 7.23.